The minimum Gasteiger partial charge on any atom is -0.392 e. The van der Waals surface area contributed by atoms with Crippen LogP contribution in [-0.2, 0) is 0 Å². The summed E-state index contributed by atoms with van der Waals surface area (Å²) in [5.74, 6) is 0.984. The second-order valence-electron chi connectivity index (χ2n) is 9.54. The number of hydrogen-bond donors (Lipinski definition) is 2. The summed E-state index contributed by atoms with van der Waals surface area (Å²) in [6.45, 7) is 5.10. The van der Waals surface area contributed by atoms with Crippen LogP contribution in [0.1, 0.15) is 155 Å². The monoisotopic (exact) mass is 411 g/mol. The van der Waals surface area contributed by atoms with Gasteiger partial charge in [-0.3, -0.25) is 0 Å². The third-order valence-corrected chi connectivity index (χ3v) is 6.72. The fourth-order valence-electron chi connectivity index (χ4n) is 4.46. The van der Waals surface area contributed by atoms with E-state index >= 15 is 0 Å². The summed E-state index contributed by atoms with van der Waals surface area (Å²) in [5.41, 5.74) is 5.43. The highest BCUT2D eigenvalue weighted by molar-refractivity contribution is 4.60. The van der Waals surface area contributed by atoms with E-state index in [9.17, 15) is 5.11 Å². The number of aliphatic hydroxyl groups excluding tert-OH is 1. The smallest absolute Gasteiger partial charge is 0.0662 e. The molecule has 0 radical (unpaired) electrons. The first kappa shape index (κ1) is 28.9. The van der Waals surface area contributed by atoms with E-state index in [1.54, 1.807) is 0 Å². The van der Waals surface area contributed by atoms with Crippen LogP contribution in [0.4, 0.5) is 0 Å². The van der Waals surface area contributed by atoms with Gasteiger partial charge in [0.2, 0.25) is 0 Å². The van der Waals surface area contributed by atoms with Gasteiger partial charge in [0.25, 0.3) is 0 Å². The Labute approximate surface area is 184 Å². The zero-order valence-corrected chi connectivity index (χ0v) is 20.4. The lowest BCUT2D eigenvalue weighted by atomic mass is 9.92. The maximum Gasteiger partial charge on any atom is 0.0662 e. The van der Waals surface area contributed by atoms with Gasteiger partial charge in [-0.2, -0.15) is 0 Å². The highest BCUT2D eigenvalue weighted by atomic mass is 16.3. The molecule has 2 unspecified atom stereocenters. The third kappa shape index (κ3) is 22.4. The molecule has 0 aromatic carbocycles. The summed E-state index contributed by atoms with van der Waals surface area (Å²) in [5, 5.41) is 9.43. The Morgan fingerprint density at radius 3 is 1.21 bits per heavy atom. The van der Waals surface area contributed by atoms with Crippen molar-refractivity contribution in [3.63, 3.8) is 0 Å². The highest BCUT2D eigenvalue weighted by Gasteiger charge is 2.06. The van der Waals surface area contributed by atoms with E-state index in [2.05, 4.69) is 13.8 Å². The van der Waals surface area contributed by atoms with E-state index in [4.69, 9.17) is 5.73 Å². The maximum absolute atomic E-state index is 9.43. The van der Waals surface area contributed by atoms with Crippen molar-refractivity contribution in [2.24, 2.45) is 11.7 Å². The number of aliphatic hydroxyl groups is 1. The quantitative estimate of drug-likeness (QED) is 0.156. The molecular formula is C27H57NO. The van der Waals surface area contributed by atoms with Crippen molar-refractivity contribution in [2.75, 3.05) is 6.54 Å². The number of hydrogen-bond acceptors (Lipinski definition) is 2. The highest BCUT2D eigenvalue weighted by Crippen LogP contribution is 2.22. The first-order chi connectivity index (χ1) is 14.2. The zero-order valence-electron chi connectivity index (χ0n) is 20.4. The molecule has 0 aliphatic rings. The minimum atomic E-state index is -0.276. The first-order valence-electron chi connectivity index (χ1n) is 13.6. The van der Waals surface area contributed by atoms with Crippen LogP contribution in [0.15, 0.2) is 0 Å². The van der Waals surface area contributed by atoms with Crippen LogP contribution in [-0.4, -0.2) is 17.8 Å². The maximum atomic E-state index is 9.43. The van der Waals surface area contributed by atoms with E-state index in [0.29, 0.717) is 6.54 Å². The van der Waals surface area contributed by atoms with Crippen LogP contribution >= 0.6 is 0 Å². The van der Waals surface area contributed by atoms with Crippen LogP contribution in [0, 0.1) is 5.92 Å². The predicted octanol–water partition coefficient (Wildman–Crippen LogP) is 8.54. The van der Waals surface area contributed by atoms with Gasteiger partial charge in [0, 0.05) is 6.54 Å². The lowest BCUT2D eigenvalue weighted by Crippen LogP contribution is -2.19. The predicted molar refractivity (Wildman–Crippen MR) is 131 cm³/mol. The Morgan fingerprint density at radius 1 is 0.517 bits per heavy atom. The molecule has 0 amide bonds. The van der Waals surface area contributed by atoms with Crippen LogP contribution in [0.2, 0.25) is 0 Å². The van der Waals surface area contributed by atoms with Crippen molar-refractivity contribution in [1.82, 2.24) is 0 Å². The number of nitrogens with two attached hydrogens (primary N) is 1. The molecule has 0 saturated carbocycles. The van der Waals surface area contributed by atoms with Gasteiger partial charge >= 0.3 is 0 Å². The molecule has 0 aliphatic carbocycles. The van der Waals surface area contributed by atoms with E-state index in [0.717, 1.165) is 18.8 Å². The van der Waals surface area contributed by atoms with Crippen LogP contribution in [0.25, 0.3) is 0 Å². The van der Waals surface area contributed by atoms with Crippen molar-refractivity contribution in [3.05, 3.63) is 0 Å². The first-order valence-corrected chi connectivity index (χ1v) is 13.6. The molecule has 3 N–H and O–H groups in total. The number of rotatable bonds is 24. The van der Waals surface area contributed by atoms with Gasteiger partial charge in [-0.1, -0.05) is 149 Å². The van der Waals surface area contributed by atoms with E-state index in [1.807, 2.05) is 0 Å². The van der Waals surface area contributed by atoms with Crippen molar-refractivity contribution in [2.45, 2.75) is 161 Å². The molecule has 2 nitrogen and oxygen atoms in total. The molecule has 0 aliphatic heterocycles. The second-order valence-corrected chi connectivity index (χ2v) is 9.54. The van der Waals surface area contributed by atoms with E-state index < -0.39 is 0 Å². The molecule has 0 bridgehead atoms. The Morgan fingerprint density at radius 2 is 0.862 bits per heavy atom. The van der Waals surface area contributed by atoms with Crippen molar-refractivity contribution in [1.29, 1.82) is 0 Å². The average molecular weight is 412 g/mol. The molecule has 2 atom stereocenters. The second kappa shape index (κ2) is 24.2. The molecule has 29 heavy (non-hydrogen) atoms. The van der Waals surface area contributed by atoms with Crippen LogP contribution < -0.4 is 5.73 Å². The molecule has 2 heteroatoms. The van der Waals surface area contributed by atoms with Crippen LogP contribution in [0.5, 0.6) is 0 Å². The molecule has 0 spiro atoms. The fourth-order valence-corrected chi connectivity index (χ4v) is 4.46. The third-order valence-electron chi connectivity index (χ3n) is 6.72. The Hall–Kier alpha value is -0.0800. The molecule has 0 aromatic rings. The Bertz CT molecular complexity index is 294. The largest absolute Gasteiger partial charge is 0.392 e. The SMILES string of the molecule is CCCCCCCCCCCCC(CC)CCCCCCCCCCC(O)CN. The molecule has 0 aromatic heterocycles. The van der Waals surface area contributed by atoms with Crippen molar-refractivity contribution in [3.8, 4) is 0 Å². The van der Waals surface area contributed by atoms with E-state index in [-0.39, 0.29) is 6.10 Å². The van der Waals surface area contributed by atoms with E-state index in [1.165, 1.54) is 128 Å². The van der Waals surface area contributed by atoms with Gasteiger partial charge in [-0.25, -0.2) is 0 Å². The number of unbranched alkanes of at least 4 members (excludes halogenated alkanes) is 16. The molecule has 0 fully saturated rings. The fraction of sp³-hybridized carbons (Fsp3) is 1.00. The lowest BCUT2D eigenvalue weighted by molar-refractivity contribution is 0.168. The average Bonchev–Trinajstić information content (AvgIpc) is 2.74. The molecule has 0 saturated heterocycles. The zero-order chi connectivity index (χ0) is 21.4. The summed E-state index contributed by atoms with van der Waals surface area (Å²) in [6.07, 6.45) is 30.2. The van der Waals surface area contributed by atoms with Gasteiger partial charge in [-0.05, 0) is 12.3 Å². The van der Waals surface area contributed by atoms with Gasteiger partial charge in [-0.15, -0.1) is 0 Å². The molecule has 0 rings (SSSR count). The van der Waals surface area contributed by atoms with Gasteiger partial charge < -0.3 is 10.8 Å². The Kier molecular flexibility index (Phi) is 24.1. The molecule has 0 heterocycles. The van der Waals surface area contributed by atoms with Gasteiger partial charge in [0.1, 0.15) is 0 Å². The summed E-state index contributed by atoms with van der Waals surface area (Å²) in [6, 6.07) is 0. The standard InChI is InChI=1S/C27H57NO/c1-3-5-6-7-8-9-10-13-16-19-22-26(4-2)23-20-17-14-11-12-15-18-21-24-27(29)25-28/h26-27,29H,3-25,28H2,1-2H3. The topological polar surface area (TPSA) is 46.2 Å². The van der Waals surface area contributed by atoms with Crippen LogP contribution in [0.3, 0.4) is 0 Å². The summed E-state index contributed by atoms with van der Waals surface area (Å²) >= 11 is 0. The Balaban J connectivity index is 3.31. The summed E-state index contributed by atoms with van der Waals surface area (Å²) in [4.78, 5) is 0. The van der Waals surface area contributed by atoms with Gasteiger partial charge in [0.15, 0.2) is 0 Å². The molecular weight excluding hydrogens is 354 g/mol. The molecule has 176 valence electrons. The van der Waals surface area contributed by atoms with Crippen molar-refractivity contribution >= 4 is 0 Å². The lowest BCUT2D eigenvalue weighted by Gasteiger charge is -2.14. The minimum absolute atomic E-state index is 0.276. The van der Waals surface area contributed by atoms with Gasteiger partial charge in [0.05, 0.1) is 6.10 Å². The normalized spacial score (nSPS) is 13.7. The summed E-state index contributed by atoms with van der Waals surface area (Å²) in [7, 11) is 0. The van der Waals surface area contributed by atoms with Crippen molar-refractivity contribution < 1.29 is 5.11 Å². The summed E-state index contributed by atoms with van der Waals surface area (Å²) < 4.78 is 0.